The van der Waals surface area contributed by atoms with Gasteiger partial charge < -0.3 is 10.2 Å². The van der Waals surface area contributed by atoms with E-state index in [1.165, 1.54) is 18.9 Å². The van der Waals surface area contributed by atoms with Gasteiger partial charge in [-0.1, -0.05) is 6.07 Å². The number of para-hydroxylation sites is 1. The number of carbonyl (C=O) groups excluding carboxylic acids is 1. The molecular weight excluding hydrogens is 378 g/mol. The van der Waals surface area contributed by atoms with Gasteiger partial charge in [0.15, 0.2) is 11.5 Å². The third kappa shape index (κ3) is 3.41. The van der Waals surface area contributed by atoms with Crippen LogP contribution in [-0.2, 0) is 0 Å². The zero-order chi connectivity index (χ0) is 20.0. The predicted octanol–water partition coefficient (Wildman–Crippen LogP) is 3.69. The summed E-state index contributed by atoms with van der Waals surface area (Å²) in [5.74, 6) is -0.107. The molecule has 9 heteroatoms. The van der Waals surface area contributed by atoms with E-state index in [1.807, 2.05) is 16.6 Å². The van der Waals surface area contributed by atoms with Gasteiger partial charge in [0.1, 0.15) is 17.3 Å². The summed E-state index contributed by atoms with van der Waals surface area (Å²) in [6, 6.07) is 6.95. The van der Waals surface area contributed by atoms with Crippen molar-refractivity contribution in [2.24, 2.45) is 0 Å². The van der Waals surface area contributed by atoms with Crippen LogP contribution in [0.2, 0.25) is 0 Å². The molecular formula is C20H20F2N6O. The molecule has 0 unspecified atom stereocenters. The Hall–Kier alpha value is -3.10. The number of rotatable bonds is 3. The van der Waals surface area contributed by atoms with E-state index < -0.39 is 23.4 Å². The Morgan fingerprint density at radius 1 is 0.966 bits per heavy atom. The summed E-state index contributed by atoms with van der Waals surface area (Å²) < 4.78 is 29.4. The Labute approximate surface area is 165 Å². The highest BCUT2D eigenvalue weighted by atomic mass is 19.1. The summed E-state index contributed by atoms with van der Waals surface area (Å²) in [6.07, 6.45) is 3.71. The number of benzene rings is 1. The van der Waals surface area contributed by atoms with E-state index in [2.05, 4.69) is 15.5 Å². The molecule has 7 nitrogen and oxygen atoms in total. The maximum Gasteiger partial charge on any atom is 0.322 e. The van der Waals surface area contributed by atoms with Gasteiger partial charge in [0, 0.05) is 24.9 Å². The zero-order valence-electron chi connectivity index (χ0n) is 15.7. The minimum Gasteiger partial charge on any atom is -0.324 e. The minimum atomic E-state index is -0.791. The fraction of sp³-hybridized carbons (Fsp3) is 0.400. The molecule has 1 aromatic carbocycles. The quantitative estimate of drug-likeness (QED) is 0.730. The SMILES string of the molecule is O=C(Nc1c(F)cccc1F)N1CCC(c2nnc3ccc(C4CC4)nn23)CC1. The Morgan fingerprint density at radius 3 is 2.38 bits per heavy atom. The van der Waals surface area contributed by atoms with Crippen molar-refractivity contribution in [3.05, 3.63) is 53.5 Å². The first-order chi connectivity index (χ1) is 14.1. The zero-order valence-corrected chi connectivity index (χ0v) is 15.7. The molecule has 1 N–H and O–H groups in total. The van der Waals surface area contributed by atoms with Gasteiger partial charge in [-0.3, -0.25) is 0 Å². The van der Waals surface area contributed by atoms with E-state index in [0.717, 1.165) is 29.3 Å². The third-order valence-electron chi connectivity index (χ3n) is 5.65. The number of likely N-dealkylation sites (tertiary alicyclic amines) is 1. The smallest absolute Gasteiger partial charge is 0.322 e. The summed E-state index contributed by atoms with van der Waals surface area (Å²) in [6.45, 7) is 0.924. The highest BCUT2D eigenvalue weighted by molar-refractivity contribution is 5.89. The molecule has 2 aliphatic rings. The lowest BCUT2D eigenvalue weighted by atomic mass is 9.96. The van der Waals surface area contributed by atoms with Crippen molar-refractivity contribution in [2.45, 2.75) is 37.5 Å². The lowest BCUT2D eigenvalue weighted by Crippen LogP contribution is -2.41. The first kappa shape index (κ1) is 18.0. The molecule has 0 bridgehead atoms. The van der Waals surface area contributed by atoms with Gasteiger partial charge in [-0.2, -0.15) is 9.61 Å². The van der Waals surface area contributed by atoms with Crippen LogP contribution in [0.25, 0.3) is 5.65 Å². The minimum absolute atomic E-state index is 0.126. The molecule has 3 aromatic rings. The maximum atomic E-state index is 13.8. The van der Waals surface area contributed by atoms with Crippen LogP contribution in [-0.4, -0.2) is 43.8 Å². The normalized spacial score (nSPS) is 17.7. The first-order valence-corrected chi connectivity index (χ1v) is 9.82. The number of hydrogen-bond donors (Lipinski definition) is 1. The van der Waals surface area contributed by atoms with Gasteiger partial charge in [-0.25, -0.2) is 13.6 Å². The van der Waals surface area contributed by atoms with Crippen molar-refractivity contribution >= 4 is 17.4 Å². The highest BCUT2D eigenvalue weighted by Crippen LogP contribution is 2.39. The molecule has 0 spiro atoms. The van der Waals surface area contributed by atoms with Crippen molar-refractivity contribution < 1.29 is 13.6 Å². The summed E-state index contributed by atoms with van der Waals surface area (Å²) in [7, 11) is 0. The molecule has 2 amide bonds. The van der Waals surface area contributed by atoms with E-state index in [9.17, 15) is 13.6 Å². The Bertz CT molecular complexity index is 1050. The summed E-state index contributed by atoms with van der Waals surface area (Å²) in [5, 5.41) is 15.6. The predicted molar refractivity (Wildman–Crippen MR) is 102 cm³/mol. The van der Waals surface area contributed by atoms with E-state index in [1.54, 1.807) is 4.90 Å². The summed E-state index contributed by atoms with van der Waals surface area (Å²) in [4.78, 5) is 14.0. The van der Waals surface area contributed by atoms with Gasteiger partial charge in [-0.05, 0) is 49.9 Å². The fourth-order valence-electron chi connectivity index (χ4n) is 3.82. The van der Waals surface area contributed by atoms with E-state index in [0.29, 0.717) is 31.8 Å². The Kier molecular flexibility index (Phi) is 4.37. The number of amides is 2. The second kappa shape index (κ2) is 7.06. The van der Waals surface area contributed by atoms with Crippen molar-refractivity contribution in [3.8, 4) is 0 Å². The molecule has 0 radical (unpaired) electrons. The fourth-order valence-corrected chi connectivity index (χ4v) is 3.82. The Morgan fingerprint density at radius 2 is 1.69 bits per heavy atom. The molecule has 29 heavy (non-hydrogen) atoms. The number of piperidine rings is 1. The van der Waals surface area contributed by atoms with Crippen LogP contribution < -0.4 is 5.32 Å². The van der Waals surface area contributed by atoms with Crippen LogP contribution in [0.15, 0.2) is 30.3 Å². The monoisotopic (exact) mass is 398 g/mol. The second-order valence-electron chi connectivity index (χ2n) is 7.65. The van der Waals surface area contributed by atoms with Crippen molar-refractivity contribution in [1.82, 2.24) is 24.7 Å². The molecule has 1 aliphatic carbocycles. The molecule has 0 atom stereocenters. The van der Waals surface area contributed by atoms with Crippen molar-refractivity contribution in [1.29, 1.82) is 0 Å². The number of nitrogens with zero attached hydrogens (tertiary/aromatic N) is 5. The van der Waals surface area contributed by atoms with Crippen LogP contribution >= 0.6 is 0 Å². The topological polar surface area (TPSA) is 75.4 Å². The summed E-state index contributed by atoms with van der Waals surface area (Å²) in [5.41, 5.74) is 1.38. The molecule has 2 aromatic heterocycles. The lowest BCUT2D eigenvalue weighted by molar-refractivity contribution is 0.193. The van der Waals surface area contributed by atoms with Crippen LogP contribution in [0.5, 0.6) is 0 Å². The molecule has 1 saturated heterocycles. The number of aromatic nitrogens is 4. The van der Waals surface area contributed by atoms with Gasteiger partial charge in [-0.15, -0.1) is 10.2 Å². The van der Waals surface area contributed by atoms with Crippen LogP contribution in [0.3, 0.4) is 0 Å². The van der Waals surface area contributed by atoms with Gasteiger partial charge in [0.2, 0.25) is 0 Å². The van der Waals surface area contributed by atoms with Gasteiger partial charge in [0.05, 0.1) is 5.69 Å². The molecule has 5 rings (SSSR count). The number of nitrogens with one attached hydrogen (secondary N) is 1. The average Bonchev–Trinajstić information content (AvgIpc) is 3.50. The van der Waals surface area contributed by atoms with E-state index in [4.69, 9.17) is 5.10 Å². The van der Waals surface area contributed by atoms with Crippen LogP contribution in [0, 0.1) is 11.6 Å². The van der Waals surface area contributed by atoms with E-state index in [-0.39, 0.29) is 5.92 Å². The van der Waals surface area contributed by atoms with Crippen LogP contribution in [0.4, 0.5) is 19.3 Å². The number of anilines is 1. The largest absolute Gasteiger partial charge is 0.324 e. The number of hydrogen-bond acceptors (Lipinski definition) is 4. The molecule has 2 fully saturated rings. The van der Waals surface area contributed by atoms with Gasteiger partial charge in [0.25, 0.3) is 0 Å². The molecule has 1 aliphatic heterocycles. The van der Waals surface area contributed by atoms with Crippen LogP contribution in [0.1, 0.15) is 49.0 Å². The highest BCUT2D eigenvalue weighted by Gasteiger charge is 2.29. The number of halogens is 2. The number of carbonyl (C=O) groups is 1. The van der Waals surface area contributed by atoms with Gasteiger partial charge >= 0.3 is 6.03 Å². The maximum absolute atomic E-state index is 13.8. The molecule has 150 valence electrons. The molecule has 3 heterocycles. The van der Waals surface area contributed by atoms with E-state index >= 15 is 0 Å². The Balaban J connectivity index is 1.27. The second-order valence-corrected chi connectivity index (χ2v) is 7.65. The average molecular weight is 398 g/mol. The molecule has 1 saturated carbocycles. The summed E-state index contributed by atoms with van der Waals surface area (Å²) >= 11 is 0. The third-order valence-corrected chi connectivity index (χ3v) is 5.65. The number of urea groups is 1. The van der Waals surface area contributed by atoms with Crippen molar-refractivity contribution in [3.63, 3.8) is 0 Å². The van der Waals surface area contributed by atoms with Crippen molar-refractivity contribution in [2.75, 3.05) is 18.4 Å². The number of fused-ring (bicyclic) bond motifs is 1. The first-order valence-electron chi connectivity index (χ1n) is 9.82. The lowest BCUT2D eigenvalue weighted by Gasteiger charge is -2.31. The standard InChI is InChI=1S/C20H20F2N6O/c21-14-2-1-3-15(22)18(14)23-20(29)27-10-8-13(9-11-27)19-25-24-17-7-6-16(12-4-5-12)26-28(17)19/h1-3,6-7,12-13H,4-5,8-11H2,(H,23,29).